The number of benzene rings is 2. The first-order valence-electron chi connectivity index (χ1n) is 9.67. The van der Waals surface area contributed by atoms with Crippen molar-refractivity contribution in [3.05, 3.63) is 59.1 Å². The number of hydrogen-bond donors (Lipinski definition) is 1. The second-order valence-corrected chi connectivity index (χ2v) is 7.63. The molecule has 0 amide bonds. The molecule has 0 aliphatic carbocycles. The zero-order valence-corrected chi connectivity index (χ0v) is 17.5. The van der Waals surface area contributed by atoms with Gasteiger partial charge in [-0.05, 0) is 60.7 Å². The fraction of sp³-hybridized carbons (Fsp3) is 0.333. The minimum atomic E-state index is -0.256. The number of nitrogens with zero attached hydrogens (tertiary/aromatic N) is 4. The van der Waals surface area contributed by atoms with Crippen LogP contribution in [0.4, 0.5) is 10.1 Å². The first-order valence-corrected chi connectivity index (χ1v) is 10.1. The predicted molar refractivity (Wildman–Crippen MR) is 113 cm³/mol. The van der Waals surface area contributed by atoms with Crippen LogP contribution in [-0.2, 0) is 13.7 Å². The Morgan fingerprint density at radius 3 is 2.34 bits per heavy atom. The topological polar surface area (TPSA) is 39.7 Å². The molecule has 0 bridgehead atoms. The number of nitrogens with one attached hydrogen (secondary N) is 1. The molecule has 0 spiro atoms. The molecule has 0 unspecified atom stereocenters. The van der Waals surface area contributed by atoms with E-state index in [2.05, 4.69) is 17.0 Å². The summed E-state index contributed by atoms with van der Waals surface area (Å²) in [4.78, 5) is 3.83. The Kier molecular flexibility index (Phi) is 5.64. The van der Waals surface area contributed by atoms with Crippen molar-refractivity contribution in [3.8, 4) is 17.1 Å². The fourth-order valence-corrected chi connectivity index (χ4v) is 3.88. The highest BCUT2D eigenvalue weighted by molar-refractivity contribution is 7.71. The molecule has 1 fully saturated rings. The highest BCUT2D eigenvalue weighted by atomic mass is 32.1. The Balaban J connectivity index is 1.42. The lowest BCUT2D eigenvalue weighted by atomic mass is 10.2. The maximum absolute atomic E-state index is 13.2. The van der Waals surface area contributed by atoms with Gasteiger partial charge in [0.25, 0.3) is 0 Å². The van der Waals surface area contributed by atoms with Crippen LogP contribution in [0.3, 0.4) is 0 Å². The maximum Gasteiger partial charge on any atom is 0.202 e. The Morgan fingerprint density at radius 1 is 1.07 bits per heavy atom. The predicted octanol–water partition coefficient (Wildman–Crippen LogP) is 2.13. The standard InChI is InChI=1S/C21H24FN5OS/c1-24-20(16-3-5-17(22)6-4-16)23-27(21(24)29)15-25-11-13-26(14-12-25)18-7-9-19(28-2)10-8-18/h3-10H,11-15H2,1-2H3/p+1. The normalized spacial score (nSPS) is 14.9. The summed E-state index contributed by atoms with van der Waals surface area (Å²) in [5.74, 6) is 1.37. The molecule has 8 heteroatoms. The van der Waals surface area contributed by atoms with Crippen LogP contribution in [0.25, 0.3) is 11.4 Å². The molecule has 2 heterocycles. The van der Waals surface area contributed by atoms with Crippen molar-refractivity contribution < 1.29 is 14.0 Å². The third-order valence-electron chi connectivity index (χ3n) is 5.42. The van der Waals surface area contributed by atoms with E-state index in [9.17, 15) is 4.39 Å². The summed E-state index contributed by atoms with van der Waals surface area (Å²) in [6, 6.07) is 14.6. The molecule has 0 radical (unpaired) electrons. The van der Waals surface area contributed by atoms with Gasteiger partial charge in [0.05, 0.1) is 33.3 Å². The minimum absolute atomic E-state index is 0.256. The van der Waals surface area contributed by atoms with Gasteiger partial charge in [0.2, 0.25) is 4.77 Å². The van der Waals surface area contributed by atoms with Crippen LogP contribution < -0.4 is 14.5 Å². The highest BCUT2D eigenvalue weighted by Gasteiger charge is 2.22. The minimum Gasteiger partial charge on any atom is -0.497 e. The van der Waals surface area contributed by atoms with E-state index in [1.54, 1.807) is 19.2 Å². The van der Waals surface area contributed by atoms with E-state index in [-0.39, 0.29) is 5.82 Å². The van der Waals surface area contributed by atoms with Gasteiger partial charge in [-0.15, -0.1) is 5.10 Å². The number of piperazine rings is 1. The molecular weight excluding hydrogens is 389 g/mol. The summed E-state index contributed by atoms with van der Waals surface area (Å²) in [5.41, 5.74) is 2.08. The van der Waals surface area contributed by atoms with Gasteiger partial charge < -0.3 is 19.1 Å². The van der Waals surface area contributed by atoms with Crippen LogP contribution in [0.2, 0.25) is 0 Å². The maximum atomic E-state index is 13.2. The van der Waals surface area contributed by atoms with Crippen molar-refractivity contribution in [3.63, 3.8) is 0 Å². The number of rotatable bonds is 5. The first kappa shape index (κ1) is 19.6. The molecule has 29 heavy (non-hydrogen) atoms. The average Bonchev–Trinajstić information content (AvgIpc) is 3.03. The SMILES string of the molecule is COc1ccc(N2CC[NH+](Cn3nc(-c4ccc(F)cc4)n(C)c3=S)CC2)cc1. The van der Waals surface area contributed by atoms with Gasteiger partial charge in [0.1, 0.15) is 11.6 Å². The van der Waals surface area contributed by atoms with E-state index in [0.29, 0.717) is 4.77 Å². The van der Waals surface area contributed by atoms with E-state index in [1.165, 1.54) is 22.7 Å². The Morgan fingerprint density at radius 2 is 1.72 bits per heavy atom. The number of quaternary nitrogens is 1. The molecule has 6 nitrogen and oxygen atoms in total. The number of hydrogen-bond acceptors (Lipinski definition) is 4. The van der Waals surface area contributed by atoms with Crippen molar-refractivity contribution in [1.82, 2.24) is 14.3 Å². The van der Waals surface area contributed by atoms with Crippen LogP contribution in [0.1, 0.15) is 0 Å². The van der Waals surface area contributed by atoms with Crippen molar-refractivity contribution in [2.75, 3.05) is 38.2 Å². The molecule has 3 aromatic rings. The monoisotopic (exact) mass is 414 g/mol. The second kappa shape index (κ2) is 8.34. The molecule has 2 aromatic carbocycles. The molecule has 1 saturated heterocycles. The zero-order chi connectivity index (χ0) is 20.4. The molecular formula is C21H25FN5OS+. The van der Waals surface area contributed by atoms with E-state index in [1.807, 2.05) is 28.4 Å². The zero-order valence-electron chi connectivity index (χ0n) is 16.6. The van der Waals surface area contributed by atoms with E-state index in [0.717, 1.165) is 50.0 Å². The molecule has 152 valence electrons. The summed E-state index contributed by atoms with van der Waals surface area (Å²) >= 11 is 5.59. The van der Waals surface area contributed by atoms with Crippen LogP contribution in [-0.4, -0.2) is 47.6 Å². The van der Waals surface area contributed by atoms with Crippen LogP contribution in [0.5, 0.6) is 5.75 Å². The lowest BCUT2D eigenvalue weighted by Gasteiger charge is -2.33. The van der Waals surface area contributed by atoms with Crippen LogP contribution in [0.15, 0.2) is 48.5 Å². The van der Waals surface area contributed by atoms with E-state index >= 15 is 0 Å². The number of ether oxygens (including phenoxy) is 1. The van der Waals surface area contributed by atoms with Gasteiger partial charge in [-0.3, -0.25) is 0 Å². The van der Waals surface area contributed by atoms with E-state index in [4.69, 9.17) is 22.1 Å². The lowest BCUT2D eigenvalue weighted by molar-refractivity contribution is -0.924. The summed E-state index contributed by atoms with van der Waals surface area (Å²) in [6.45, 7) is 4.70. The summed E-state index contributed by atoms with van der Waals surface area (Å²) in [5, 5.41) is 4.70. The van der Waals surface area contributed by atoms with Crippen molar-refractivity contribution in [1.29, 1.82) is 0 Å². The summed E-state index contributed by atoms with van der Waals surface area (Å²) in [7, 11) is 3.59. The molecule has 1 aliphatic heterocycles. The first-order chi connectivity index (χ1) is 14.0. The Bertz CT molecular complexity index is 1020. The third-order valence-corrected chi connectivity index (χ3v) is 5.91. The Labute approximate surface area is 174 Å². The van der Waals surface area contributed by atoms with Crippen molar-refractivity contribution in [2.45, 2.75) is 6.67 Å². The number of halogens is 1. The number of methoxy groups -OCH3 is 1. The second-order valence-electron chi connectivity index (χ2n) is 7.26. The Hall–Kier alpha value is -2.71. The fourth-order valence-electron chi connectivity index (χ4n) is 3.69. The number of anilines is 1. The molecule has 0 atom stereocenters. The summed E-state index contributed by atoms with van der Waals surface area (Å²) in [6.07, 6.45) is 0. The molecule has 1 N–H and O–H groups in total. The van der Waals surface area contributed by atoms with Gasteiger partial charge in [-0.1, -0.05) is 0 Å². The van der Waals surface area contributed by atoms with Gasteiger partial charge >= 0.3 is 0 Å². The smallest absolute Gasteiger partial charge is 0.202 e. The largest absolute Gasteiger partial charge is 0.497 e. The van der Waals surface area contributed by atoms with Gasteiger partial charge in [-0.25, -0.2) is 4.39 Å². The molecule has 0 saturated carbocycles. The summed E-state index contributed by atoms with van der Waals surface area (Å²) < 4.78 is 22.9. The van der Waals surface area contributed by atoms with Gasteiger partial charge in [0.15, 0.2) is 12.5 Å². The van der Waals surface area contributed by atoms with E-state index < -0.39 is 0 Å². The van der Waals surface area contributed by atoms with Gasteiger partial charge in [-0.2, -0.15) is 4.68 Å². The lowest BCUT2D eigenvalue weighted by Crippen LogP contribution is -3.14. The van der Waals surface area contributed by atoms with Crippen LogP contribution in [0, 0.1) is 10.6 Å². The quantitative estimate of drug-likeness (QED) is 0.650. The third kappa shape index (κ3) is 4.18. The van der Waals surface area contributed by atoms with Crippen molar-refractivity contribution >= 4 is 17.9 Å². The highest BCUT2D eigenvalue weighted by Crippen LogP contribution is 2.19. The molecule has 1 aliphatic rings. The van der Waals surface area contributed by atoms with Crippen LogP contribution >= 0.6 is 12.2 Å². The molecule has 1 aromatic heterocycles. The van der Waals surface area contributed by atoms with Gasteiger partial charge in [0, 0.05) is 18.3 Å². The number of aromatic nitrogens is 3. The average molecular weight is 415 g/mol. The van der Waals surface area contributed by atoms with Crippen molar-refractivity contribution in [2.24, 2.45) is 7.05 Å². The molecule has 4 rings (SSSR count).